The molecule has 0 saturated carbocycles. The molecule has 7 heterocycles. The third-order valence-corrected chi connectivity index (χ3v) is 10.6. The van der Waals surface area contributed by atoms with Crippen LogP contribution in [0.4, 0.5) is 24.0 Å². The van der Waals surface area contributed by atoms with E-state index in [1.54, 1.807) is 0 Å². The lowest BCUT2D eigenvalue weighted by molar-refractivity contribution is 0.105. The maximum atomic E-state index is 16.9. The summed E-state index contributed by atoms with van der Waals surface area (Å²) in [6, 6.07) is 4.68. The zero-order valence-corrected chi connectivity index (χ0v) is 25.5. The van der Waals surface area contributed by atoms with Crippen molar-refractivity contribution < 1.29 is 27.8 Å². The Kier molecular flexibility index (Phi) is 7.09. The number of nitrogens with one attached hydrogen (secondary N) is 1. The predicted molar refractivity (Wildman–Crippen MR) is 166 cm³/mol. The largest absolute Gasteiger partial charge is 0.471 e. The molecule has 0 bridgehead atoms. The van der Waals surface area contributed by atoms with E-state index in [2.05, 4.69) is 20.2 Å². The molecule has 0 amide bonds. The molecule has 15 heteroatoms. The van der Waals surface area contributed by atoms with Crippen LogP contribution in [0.3, 0.4) is 0 Å². The fourth-order valence-corrected chi connectivity index (χ4v) is 8.16. The van der Waals surface area contributed by atoms with Crippen molar-refractivity contribution >= 4 is 43.1 Å². The van der Waals surface area contributed by atoms with E-state index in [1.165, 1.54) is 12.1 Å². The number of halogens is 3. The van der Waals surface area contributed by atoms with Gasteiger partial charge in [0.15, 0.2) is 5.82 Å². The fraction of sp³-hybridized carbons (Fsp3) is 0.484. The molecule has 240 valence electrons. The maximum absolute atomic E-state index is 16.9. The lowest BCUT2D eigenvalue weighted by Gasteiger charge is -2.32. The third-order valence-electron chi connectivity index (χ3n) is 9.56. The number of pyridine rings is 1. The number of anilines is 2. The van der Waals surface area contributed by atoms with E-state index in [-0.39, 0.29) is 74.0 Å². The van der Waals surface area contributed by atoms with Crippen molar-refractivity contribution in [1.82, 2.24) is 25.2 Å². The Hall–Kier alpha value is -3.97. The Bertz CT molecular complexity index is 1920. The van der Waals surface area contributed by atoms with Crippen LogP contribution in [0.25, 0.3) is 32.2 Å². The number of fused-ring (bicyclic) bond motifs is 2. The number of hydrogen-bond donors (Lipinski definition) is 3. The Morgan fingerprint density at radius 3 is 2.87 bits per heavy atom. The Morgan fingerprint density at radius 2 is 2.09 bits per heavy atom. The molecule has 46 heavy (non-hydrogen) atoms. The number of nitrogen functional groups attached to an aromatic ring is 1. The minimum atomic E-state index is -0.946. The third kappa shape index (κ3) is 4.77. The second-order valence-corrected chi connectivity index (χ2v) is 13.6. The van der Waals surface area contributed by atoms with Gasteiger partial charge in [-0.3, -0.25) is 4.90 Å². The zero-order chi connectivity index (χ0) is 31.7. The number of nitriles is 1. The Balaban J connectivity index is 1.33. The normalized spacial score (nSPS) is 25.7. The minimum Gasteiger partial charge on any atom is -0.471 e. The van der Waals surface area contributed by atoms with Gasteiger partial charge in [-0.25, -0.2) is 18.2 Å². The van der Waals surface area contributed by atoms with Gasteiger partial charge >= 0.3 is 6.01 Å². The van der Waals surface area contributed by atoms with Crippen molar-refractivity contribution in [2.24, 2.45) is 0 Å². The number of aliphatic hydroxyl groups is 1. The molecule has 4 aliphatic heterocycles. The highest BCUT2D eigenvalue weighted by Crippen LogP contribution is 2.45. The number of alkyl halides is 1. The van der Waals surface area contributed by atoms with Gasteiger partial charge in [-0.15, -0.1) is 11.3 Å². The van der Waals surface area contributed by atoms with Crippen LogP contribution in [0.5, 0.6) is 11.9 Å². The van der Waals surface area contributed by atoms with Crippen molar-refractivity contribution in [2.75, 3.05) is 56.6 Å². The summed E-state index contributed by atoms with van der Waals surface area (Å²) in [5.41, 5.74) is 5.40. The number of ether oxygens (including phenoxy) is 2. The second kappa shape index (κ2) is 11.1. The molecule has 4 aliphatic rings. The highest BCUT2D eigenvalue weighted by Gasteiger charge is 2.49. The lowest BCUT2D eigenvalue weighted by atomic mass is 9.95. The first-order chi connectivity index (χ1) is 22.3. The first-order valence-corrected chi connectivity index (χ1v) is 16.2. The molecule has 3 aromatic heterocycles. The molecular formula is C31H31F3N8O3S. The summed E-state index contributed by atoms with van der Waals surface area (Å²) in [5, 5.41) is 23.8. The van der Waals surface area contributed by atoms with Gasteiger partial charge in [0.25, 0.3) is 0 Å². The van der Waals surface area contributed by atoms with Crippen LogP contribution in [0.15, 0.2) is 12.1 Å². The summed E-state index contributed by atoms with van der Waals surface area (Å²) in [6.45, 7) is 2.82. The summed E-state index contributed by atoms with van der Waals surface area (Å²) >= 11 is 0.899. The first-order valence-electron chi connectivity index (χ1n) is 15.4. The smallest absolute Gasteiger partial charge is 0.319 e. The molecular weight excluding hydrogens is 621 g/mol. The Morgan fingerprint density at radius 1 is 1.24 bits per heavy atom. The lowest BCUT2D eigenvalue weighted by Crippen LogP contribution is -2.43. The molecule has 0 aliphatic carbocycles. The average molecular weight is 653 g/mol. The molecule has 4 N–H and O–H groups in total. The van der Waals surface area contributed by atoms with Crippen LogP contribution < -0.4 is 25.4 Å². The quantitative estimate of drug-likeness (QED) is 0.251. The number of aliphatic hydroxyl groups excluding tert-OH is 1. The zero-order valence-electron chi connectivity index (χ0n) is 24.7. The fourth-order valence-electron chi connectivity index (χ4n) is 7.21. The van der Waals surface area contributed by atoms with Gasteiger partial charge in [-0.2, -0.15) is 15.2 Å². The van der Waals surface area contributed by atoms with E-state index in [4.69, 9.17) is 20.2 Å². The van der Waals surface area contributed by atoms with E-state index >= 15 is 4.39 Å². The van der Waals surface area contributed by atoms with Gasteiger partial charge in [0, 0.05) is 56.0 Å². The van der Waals surface area contributed by atoms with Crippen molar-refractivity contribution in [3.8, 4) is 29.2 Å². The SMILES string of the molecule is N#Cc1c(N)sc2c(F)ccc(-c3nc4c5c(nc(OC[C@@]67CCCN6C[C@H](F)C7)nc5c3F)N(C[C@@H]3CN3)CC[C@H](CO)O4)c12. The highest BCUT2D eigenvalue weighted by molar-refractivity contribution is 7.23. The van der Waals surface area contributed by atoms with E-state index in [0.717, 1.165) is 37.3 Å². The summed E-state index contributed by atoms with van der Waals surface area (Å²) in [7, 11) is 0. The number of thiophene rings is 1. The van der Waals surface area contributed by atoms with Gasteiger partial charge in [0.1, 0.15) is 58.2 Å². The number of rotatable bonds is 7. The number of benzene rings is 1. The van der Waals surface area contributed by atoms with Gasteiger partial charge in [0.2, 0.25) is 5.88 Å². The van der Waals surface area contributed by atoms with Crippen LogP contribution >= 0.6 is 11.3 Å². The highest BCUT2D eigenvalue weighted by atomic mass is 32.1. The van der Waals surface area contributed by atoms with E-state index in [9.17, 15) is 19.1 Å². The number of nitrogens with two attached hydrogens (primary N) is 1. The van der Waals surface area contributed by atoms with E-state index in [1.807, 2.05) is 11.0 Å². The molecule has 4 atom stereocenters. The number of nitrogens with zero attached hydrogens (tertiary/aromatic N) is 6. The monoisotopic (exact) mass is 652 g/mol. The molecule has 3 fully saturated rings. The molecule has 11 nitrogen and oxygen atoms in total. The first kappa shape index (κ1) is 29.4. The molecule has 3 saturated heterocycles. The van der Waals surface area contributed by atoms with Crippen LogP contribution in [0, 0.1) is 23.0 Å². The van der Waals surface area contributed by atoms with E-state index in [0.29, 0.717) is 38.3 Å². The second-order valence-electron chi connectivity index (χ2n) is 12.5. The maximum Gasteiger partial charge on any atom is 0.319 e. The summed E-state index contributed by atoms with van der Waals surface area (Å²) in [5.74, 6) is -1.07. The van der Waals surface area contributed by atoms with Crippen LogP contribution in [0.1, 0.15) is 31.2 Å². The Labute approximate surface area is 265 Å². The van der Waals surface area contributed by atoms with Crippen molar-refractivity contribution in [1.29, 1.82) is 5.26 Å². The number of hydrogen-bond acceptors (Lipinski definition) is 12. The van der Waals surface area contributed by atoms with Crippen molar-refractivity contribution in [3.05, 3.63) is 29.3 Å². The molecule has 0 spiro atoms. The number of aromatic nitrogens is 3. The molecule has 8 rings (SSSR count). The topological polar surface area (TPSA) is 156 Å². The molecule has 0 unspecified atom stereocenters. The van der Waals surface area contributed by atoms with Crippen LogP contribution in [-0.4, -0.2) is 94.8 Å². The average Bonchev–Trinajstić information content (AvgIpc) is 3.56. The van der Waals surface area contributed by atoms with Gasteiger partial charge in [-0.1, -0.05) is 0 Å². The van der Waals surface area contributed by atoms with E-state index < -0.39 is 29.4 Å². The molecule has 1 aromatic carbocycles. The summed E-state index contributed by atoms with van der Waals surface area (Å²) < 4.78 is 58.8. The van der Waals surface area contributed by atoms with Crippen LogP contribution in [-0.2, 0) is 0 Å². The standard InChI is InChI=1S/C31H31F3N8O3S/c32-15-8-31(5-1-6-42(31)11-15)14-44-30-39-25-22-28(40-30)41(12-16-10-37-16)7-4-17(13-43)45-29(22)38-24(23(25)34)18-2-3-20(33)26-21(18)19(9-35)27(36)46-26/h2-3,15-17,37,43H,1,4-8,10-14,36H2/t15-,16+,17-,31+/m1/s1. The minimum absolute atomic E-state index is 0.00346. The van der Waals surface area contributed by atoms with Crippen molar-refractivity contribution in [2.45, 2.75) is 49.5 Å². The van der Waals surface area contributed by atoms with Gasteiger partial charge in [0.05, 0.1) is 22.4 Å². The van der Waals surface area contributed by atoms with Gasteiger partial charge in [-0.05, 0) is 31.5 Å². The summed E-state index contributed by atoms with van der Waals surface area (Å²) in [4.78, 5) is 18.0. The summed E-state index contributed by atoms with van der Waals surface area (Å²) in [6.07, 6.45) is 0.885. The molecule has 0 radical (unpaired) electrons. The predicted octanol–water partition coefficient (Wildman–Crippen LogP) is 3.52. The van der Waals surface area contributed by atoms with Gasteiger partial charge < -0.3 is 30.5 Å². The molecule has 4 aromatic rings. The van der Waals surface area contributed by atoms with Crippen molar-refractivity contribution in [3.63, 3.8) is 0 Å². The van der Waals surface area contributed by atoms with Crippen LogP contribution in [0.2, 0.25) is 0 Å².